The van der Waals surface area contributed by atoms with Crippen molar-refractivity contribution >= 4 is 5.97 Å². The number of halogens is 3. The maximum atomic E-state index is 14.9. The van der Waals surface area contributed by atoms with Crippen molar-refractivity contribution in [3.63, 3.8) is 0 Å². The number of unbranched alkanes of at least 4 members (excludes halogenated alkanes) is 4. The van der Waals surface area contributed by atoms with Crippen molar-refractivity contribution in [2.24, 2.45) is 5.92 Å². The average Bonchev–Trinajstić information content (AvgIpc) is 3.81. The van der Waals surface area contributed by atoms with Gasteiger partial charge in [0.1, 0.15) is 6.10 Å². The van der Waals surface area contributed by atoms with Gasteiger partial charge in [0.25, 0.3) is 0 Å². The zero-order valence-electron chi connectivity index (χ0n) is 22.8. The predicted molar refractivity (Wildman–Crippen MR) is 147 cm³/mol. The van der Waals surface area contributed by atoms with E-state index in [4.69, 9.17) is 14.2 Å². The van der Waals surface area contributed by atoms with Gasteiger partial charge in [-0.1, -0.05) is 81.5 Å². The van der Waals surface area contributed by atoms with E-state index in [0.717, 1.165) is 12.8 Å². The van der Waals surface area contributed by atoms with Gasteiger partial charge in [0.15, 0.2) is 29.3 Å². The lowest BCUT2D eigenvalue weighted by Gasteiger charge is -2.27. The average molecular weight is 553 g/mol. The number of ether oxygens (including phenoxy) is 3. The molecule has 40 heavy (non-hydrogen) atoms. The molecule has 0 aliphatic carbocycles. The highest BCUT2D eigenvalue weighted by Gasteiger charge is 2.31. The van der Waals surface area contributed by atoms with Crippen molar-refractivity contribution in [3.05, 3.63) is 77.6 Å². The SMILES string of the molecule is CCCCCCCC1CCC(C(=O)Oc2ccc(-c3ccc(-c4ccc(C5CO5)c(F)c4F)cc3)cc2F)OC1. The second kappa shape index (κ2) is 13.0. The molecule has 0 amide bonds. The molecule has 4 nitrogen and oxygen atoms in total. The van der Waals surface area contributed by atoms with Gasteiger partial charge in [0.2, 0.25) is 0 Å². The Morgan fingerprint density at radius 3 is 2.23 bits per heavy atom. The highest BCUT2D eigenvalue weighted by molar-refractivity contribution is 5.78. The molecule has 0 radical (unpaired) electrons. The molecule has 212 valence electrons. The number of hydrogen-bond donors (Lipinski definition) is 0. The minimum atomic E-state index is -0.919. The Bertz CT molecular complexity index is 1310. The fourth-order valence-corrected chi connectivity index (χ4v) is 5.30. The number of carbonyl (C=O) groups excluding carboxylic acids is 1. The monoisotopic (exact) mass is 552 g/mol. The third-order valence-electron chi connectivity index (χ3n) is 7.81. The highest BCUT2D eigenvalue weighted by atomic mass is 19.2. The van der Waals surface area contributed by atoms with Gasteiger partial charge < -0.3 is 14.2 Å². The molecule has 5 rings (SSSR count). The van der Waals surface area contributed by atoms with Crippen LogP contribution in [0.1, 0.15) is 70.0 Å². The lowest BCUT2D eigenvalue weighted by Crippen LogP contribution is -2.35. The number of esters is 1. The molecule has 2 aliphatic heterocycles. The van der Waals surface area contributed by atoms with Crippen LogP contribution in [-0.2, 0) is 14.3 Å². The molecule has 7 heteroatoms. The molecular weight excluding hydrogens is 517 g/mol. The quantitative estimate of drug-likeness (QED) is 0.103. The summed E-state index contributed by atoms with van der Waals surface area (Å²) < 4.78 is 60.2. The van der Waals surface area contributed by atoms with E-state index in [1.807, 2.05) is 0 Å². The minimum absolute atomic E-state index is 0.144. The molecule has 0 aromatic heterocycles. The zero-order chi connectivity index (χ0) is 28.1. The van der Waals surface area contributed by atoms with Gasteiger partial charge in [-0.15, -0.1) is 0 Å². The fraction of sp³-hybridized carbons (Fsp3) is 0.424. The van der Waals surface area contributed by atoms with Crippen LogP contribution in [-0.4, -0.2) is 25.3 Å². The van der Waals surface area contributed by atoms with Crippen LogP contribution in [0.5, 0.6) is 5.75 Å². The number of hydrogen-bond acceptors (Lipinski definition) is 4. The van der Waals surface area contributed by atoms with Crippen LogP contribution in [0.2, 0.25) is 0 Å². The summed E-state index contributed by atoms with van der Waals surface area (Å²) >= 11 is 0. The summed E-state index contributed by atoms with van der Waals surface area (Å²) in [5, 5.41) is 0. The summed E-state index contributed by atoms with van der Waals surface area (Å²) in [6.07, 6.45) is 7.71. The third kappa shape index (κ3) is 6.76. The van der Waals surface area contributed by atoms with Crippen molar-refractivity contribution in [2.45, 2.75) is 70.5 Å². The second-order valence-corrected chi connectivity index (χ2v) is 10.8. The molecular formula is C33H35F3O4. The third-order valence-corrected chi connectivity index (χ3v) is 7.81. The molecule has 0 N–H and O–H groups in total. The first kappa shape index (κ1) is 28.4. The lowest BCUT2D eigenvalue weighted by atomic mass is 9.93. The first-order valence-corrected chi connectivity index (χ1v) is 14.3. The Morgan fingerprint density at radius 1 is 0.825 bits per heavy atom. The maximum absolute atomic E-state index is 14.9. The van der Waals surface area contributed by atoms with Gasteiger partial charge in [0.05, 0.1) is 13.2 Å². The normalized spacial score (nSPS) is 20.4. The highest BCUT2D eigenvalue weighted by Crippen LogP contribution is 2.36. The first-order valence-electron chi connectivity index (χ1n) is 14.3. The van der Waals surface area contributed by atoms with Crippen molar-refractivity contribution in [1.29, 1.82) is 0 Å². The standard InChI is InChI=1S/C33H35F3O4/c1-2-3-4-5-6-7-21-8-16-29(38-19-21)33(37)40-28-17-13-24(18-27(28)34)22-9-11-23(12-10-22)25-14-15-26(30-20-39-30)32(36)31(25)35/h9-15,17-18,21,29-30H,2-8,16,19-20H2,1H3. The number of carbonyl (C=O) groups is 1. The smallest absolute Gasteiger partial charge is 0.340 e. The van der Waals surface area contributed by atoms with E-state index in [0.29, 0.717) is 42.2 Å². The van der Waals surface area contributed by atoms with Gasteiger partial charge in [-0.2, -0.15) is 0 Å². The van der Waals surface area contributed by atoms with Crippen molar-refractivity contribution in [3.8, 4) is 28.0 Å². The fourth-order valence-electron chi connectivity index (χ4n) is 5.30. The van der Waals surface area contributed by atoms with Crippen molar-refractivity contribution in [2.75, 3.05) is 13.2 Å². The van der Waals surface area contributed by atoms with Gasteiger partial charge in [-0.3, -0.25) is 0 Å². The molecule has 3 aromatic rings. The summed E-state index contributed by atoms with van der Waals surface area (Å²) in [4.78, 5) is 12.6. The molecule has 2 fully saturated rings. The van der Waals surface area contributed by atoms with Crippen LogP contribution >= 0.6 is 0 Å². The summed E-state index contributed by atoms with van der Waals surface area (Å²) in [6.45, 7) is 3.13. The van der Waals surface area contributed by atoms with Crippen LogP contribution in [0.4, 0.5) is 13.2 Å². The molecule has 0 saturated carbocycles. The van der Waals surface area contributed by atoms with Crippen molar-refractivity contribution < 1.29 is 32.2 Å². The maximum Gasteiger partial charge on any atom is 0.340 e. The van der Waals surface area contributed by atoms with Crippen LogP contribution in [0.15, 0.2) is 54.6 Å². The number of benzene rings is 3. The van der Waals surface area contributed by atoms with E-state index in [-0.39, 0.29) is 23.0 Å². The van der Waals surface area contributed by atoms with E-state index in [1.54, 1.807) is 36.4 Å². The Hall–Kier alpha value is -3.16. The van der Waals surface area contributed by atoms with Gasteiger partial charge >= 0.3 is 5.97 Å². The lowest BCUT2D eigenvalue weighted by molar-refractivity contribution is -0.152. The minimum Gasteiger partial charge on any atom is -0.421 e. The Balaban J connectivity index is 1.16. The van der Waals surface area contributed by atoms with E-state index in [9.17, 15) is 18.0 Å². The largest absolute Gasteiger partial charge is 0.421 e. The Labute approximate surface area is 233 Å². The Morgan fingerprint density at radius 2 is 1.55 bits per heavy atom. The topological polar surface area (TPSA) is 48.1 Å². The zero-order valence-corrected chi connectivity index (χ0v) is 22.8. The summed E-state index contributed by atoms with van der Waals surface area (Å²) in [6, 6.07) is 14.2. The van der Waals surface area contributed by atoms with Crippen LogP contribution in [0, 0.1) is 23.4 Å². The predicted octanol–water partition coefficient (Wildman–Crippen LogP) is 8.57. The summed E-state index contributed by atoms with van der Waals surface area (Å²) in [5.74, 6) is -2.75. The van der Waals surface area contributed by atoms with E-state index >= 15 is 0 Å². The van der Waals surface area contributed by atoms with Gasteiger partial charge in [0, 0.05) is 11.1 Å². The van der Waals surface area contributed by atoms with Crippen molar-refractivity contribution in [1.82, 2.24) is 0 Å². The van der Waals surface area contributed by atoms with E-state index < -0.39 is 29.5 Å². The van der Waals surface area contributed by atoms with Crippen LogP contribution in [0.25, 0.3) is 22.3 Å². The molecule has 0 spiro atoms. The summed E-state index contributed by atoms with van der Waals surface area (Å²) in [7, 11) is 0. The summed E-state index contributed by atoms with van der Waals surface area (Å²) in [5.41, 5.74) is 2.11. The Kier molecular flexibility index (Phi) is 9.22. The number of epoxide rings is 1. The molecule has 2 heterocycles. The van der Waals surface area contributed by atoms with E-state index in [2.05, 4.69) is 6.92 Å². The molecule has 2 aliphatic rings. The molecule has 3 unspecified atom stereocenters. The second-order valence-electron chi connectivity index (χ2n) is 10.8. The first-order chi connectivity index (χ1) is 19.4. The van der Waals surface area contributed by atoms with Crippen LogP contribution in [0.3, 0.4) is 0 Å². The molecule has 0 bridgehead atoms. The van der Waals surface area contributed by atoms with E-state index in [1.165, 1.54) is 50.3 Å². The van der Waals surface area contributed by atoms with Gasteiger partial charge in [-0.05, 0) is 54.0 Å². The molecule has 2 saturated heterocycles. The number of rotatable bonds is 11. The van der Waals surface area contributed by atoms with Gasteiger partial charge in [-0.25, -0.2) is 18.0 Å². The molecule has 3 aromatic carbocycles. The molecule has 3 atom stereocenters. The van der Waals surface area contributed by atoms with Crippen LogP contribution < -0.4 is 4.74 Å².